The highest BCUT2D eigenvalue weighted by molar-refractivity contribution is 5.88. The van der Waals surface area contributed by atoms with Gasteiger partial charge < -0.3 is 19.3 Å². The number of nitriles is 1. The number of carbonyl (C=O) groups is 1. The van der Waals surface area contributed by atoms with E-state index in [0.29, 0.717) is 44.5 Å². The number of carbonyl (C=O) groups excluding carboxylic acids is 1. The third-order valence-corrected chi connectivity index (χ3v) is 8.54. The Morgan fingerprint density at radius 1 is 1.29 bits per heavy atom. The molecule has 1 aliphatic heterocycles. The van der Waals surface area contributed by atoms with Gasteiger partial charge in [0, 0.05) is 55.5 Å². The predicted octanol–water partition coefficient (Wildman–Crippen LogP) is 6.32. The Morgan fingerprint density at radius 3 is 2.80 bits per heavy atom. The van der Waals surface area contributed by atoms with Crippen LogP contribution in [0.3, 0.4) is 0 Å². The monoisotopic (exact) mass is 616 g/mol. The highest BCUT2D eigenvalue weighted by Gasteiger charge is 2.24. The fourth-order valence-corrected chi connectivity index (χ4v) is 5.93. The molecule has 0 radical (unpaired) electrons. The highest BCUT2D eigenvalue weighted by atomic mass is 16.5. The highest BCUT2D eigenvalue weighted by Crippen LogP contribution is 2.29. The summed E-state index contributed by atoms with van der Waals surface area (Å²) >= 11 is 0. The normalized spacial score (nSPS) is 15.3. The molecule has 2 atom stereocenters. The molecule has 1 aliphatic rings. The maximum Gasteiger partial charge on any atom is 0.318 e. The van der Waals surface area contributed by atoms with Crippen LogP contribution in [0.15, 0.2) is 43.3 Å². The number of unbranched alkanes of at least 4 members (excludes halogenated alkanes) is 1. The quantitative estimate of drug-likeness (QED) is 0.0905. The van der Waals surface area contributed by atoms with Gasteiger partial charge in [-0.15, -0.1) is 0 Å². The van der Waals surface area contributed by atoms with Crippen LogP contribution >= 0.6 is 0 Å². The molecule has 9 nitrogen and oxygen atoms in total. The summed E-state index contributed by atoms with van der Waals surface area (Å²) in [6.07, 6.45) is 13.8. The van der Waals surface area contributed by atoms with E-state index in [0.717, 1.165) is 92.0 Å². The van der Waals surface area contributed by atoms with E-state index in [1.165, 1.54) is 12.5 Å². The summed E-state index contributed by atoms with van der Waals surface area (Å²) in [7, 11) is 3.82. The van der Waals surface area contributed by atoms with Gasteiger partial charge in [0.05, 0.1) is 18.9 Å². The van der Waals surface area contributed by atoms with Crippen molar-refractivity contribution >= 4 is 11.6 Å². The number of allylic oxidation sites excluding steroid dienone is 2. The molecule has 0 aromatic carbocycles. The van der Waals surface area contributed by atoms with Crippen molar-refractivity contribution in [2.75, 3.05) is 45.3 Å². The van der Waals surface area contributed by atoms with Crippen LogP contribution in [0.25, 0.3) is 0 Å². The number of hydrogen-bond donors (Lipinski definition) is 0. The molecule has 0 bridgehead atoms. The average molecular weight is 617 g/mol. The molecular formula is C36H52N6O3. The number of likely N-dealkylation sites (tertiary alicyclic amines) is 1. The van der Waals surface area contributed by atoms with Crippen molar-refractivity contribution in [3.8, 4) is 17.8 Å². The fourth-order valence-electron chi connectivity index (χ4n) is 5.93. The molecule has 9 heteroatoms. The number of aryl methyl sites for hydroxylation is 1. The smallest absolute Gasteiger partial charge is 0.318 e. The third kappa shape index (κ3) is 11.3. The topological polar surface area (TPSA) is 104 Å². The van der Waals surface area contributed by atoms with Crippen molar-refractivity contribution in [2.45, 2.75) is 90.5 Å². The van der Waals surface area contributed by atoms with Crippen LogP contribution in [-0.4, -0.2) is 72.1 Å². The van der Waals surface area contributed by atoms with Crippen LogP contribution in [0, 0.1) is 17.2 Å². The largest absolute Gasteiger partial charge is 0.496 e. The van der Waals surface area contributed by atoms with Crippen LogP contribution < -0.4 is 14.4 Å². The van der Waals surface area contributed by atoms with Crippen LogP contribution in [-0.2, 0) is 24.1 Å². The van der Waals surface area contributed by atoms with E-state index in [-0.39, 0.29) is 11.7 Å². The number of likely N-dealkylation sites (N-methyl/N-ethyl adjacent to an activating group) is 1. The van der Waals surface area contributed by atoms with E-state index < -0.39 is 0 Å². The van der Waals surface area contributed by atoms with Gasteiger partial charge in [-0.1, -0.05) is 32.6 Å². The lowest BCUT2D eigenvalue weighted by Crippen LogP contribution is -2.33. The van der Waals surface area contributed by atoms with Gasteiger partial charge in [-0.05, 0) is 89.4 Å². The first-order chi connectivity index (χ1) is 21.8. The van der Waals surface area contributed by atoms with Gasteiger partial charge in [0.15, 0.2) is 5.78 Å². The lowest BCUT2D eigenvalue weighted by Gasteiger charge is -2.29. The Hall–Kier alpha value is -3.77. The van der Waals surface area contributed by atoms with Crippen LogP contribution in [0.4, 0.5) is 5.82 Å². The van der Waals surface area contributed by atoms with Gasteiger partial charge in [0.1, 0.15) is 18.2 Å². The third-order valence-electron chi connectivity index (χ3n) is 8.54. The molecule has 1 saturated heterocycles. The molecule has 0 aliphatic carbocycles. The number of aromatic nitrogens is 3. The second kappa shape index (κ2) is 18.9. The minimum Gasteiger partial charge on any atom is -0.496 e. The molecule has 2 aromatic heterocycles. The first-order valence-corrected chi connectivity index (χ1v) is 16.4. The summed E-state index contributed by atoms with van der Waals surface area (Å²) in [5.74, 6) is 1.93. The molecule has 3 heterocycles. The molecule has 3 rings (SSSR count). The Bertz CT molecular complexity index is 1310. The van der Waals surface area contributed by atoms with Crippen LogP contribution in [0.5, 0.6) is 11.8 Å². The van der Waals surface area contributed by atoms with E-state index in [4.69, 9.17) is 19.4 Å². The van der Waals surface area contributed by atoms with Crippen molar-refractivity contribution < 1.29 is 14.3 Å². The second-order valence-corrected chi connectivity index (χ2v) is 12.2. The number of ketones is 1. The molecular weight excluding hydrogens is 564 g/mol. The lowest BCUT2D eigenvalue weighted by atomic mass is 9.98. The maximum absolute atomic E-state index is 11.9. The number of hydrogen-bond acceptors (Lipinski definition) is 9. The summed E-state index contributed by atoms with van der Waals surface area (Å²) in [4.78, 5) is 30.7. The van der Waals surface area contributed by atoms with Gasteiger partial charge in [-0.2, -0.15) is 15.2 Å². The molecule has 0 unspecified atom stereocenters. The lowest BCUT2D eigenvalue weighted by molar-refractivity contribution is -0.114. The van der Waals surface area contributed by atoms with Gasteiger partial charge in [-0.3, -0.25) is 9.78 Å². The van der Waals surface area contributed by atoms with Crippen molar-refractivity contribution in [2.24, 2.45) is 5.92 Å². The summed E-state index contributed by atoms with van der Waals surface area (Å²) in [6, 6.07) is 4.98. The summed E-state index contributed by atoms with van der Waals surface area (Å²) in [5.41, 5.74) is 4.27. The average Bonchev–Trinajstić information content (AvgIpc) is 3.46. The number of pyridine rings is 1. The zero-order chi connectivity index (χ0) is 32.6. The van der Waals surface area contributed by atoms with E-state index >= 15 is 0 Å². The Labute approximate surface area is 270 Å². The molecule has 1 fully saturated rings. The van der Waals surface area contributed by atoms with Gasteiger partial charge in [-0.25, -0.2) is 0 Å². The standard InChI is InChI=1S/C36H52N6O3/c1-7-31(43)15-9-10-22-42(25-28(4)17-19-37)35-32(16-11-13-27(3)23-29-24-38-20-18-34(29)44-6)33(8-2)39-36(40-35)45-26-30-14-12-21-41(30)5/h7,18,20,24,28,30H,1,3,8-17,21-23,25-26H2,2,4-6H3/t28-,30-/m0/s1. The maximum atomic E-state index is 11.9. The molecule has 0 saturated carbocycles. The van der Waals surface area contributed by atoms with E-state index in [9.17, 15) is 10.1 Å². The minimum atomic E-state index is 0.0621. The Balaban J connectivity index is 1.86. The van der Waals surface area contributed by atoms with E-state index in [1.54, 1.807) is 13.3 Å². The zero-order valence-corrected chi connectivity index (χ0v) is 27.9. The van der Waals surface area contributed by atoms with Crippen molar-refractivity contribution in [3.63, 3.8) is 0 Å². The van der Waals surface area contributed by atoms with Crippen molar-refractivity contribution in [1.82, 2.24) is 19.9 Å². The van der Waals surface area contributed by atoms with E-state index in [1.807, 2.05) is 12.3 Å². The number of ether oxygens (including phenoxy) is 2. The first-order valence-electron chi connectivity index (χ1n) is 16.4. The molecule has 244 valence electrons. The summed E-state index contributed by atoms with van der Waals surface area (Å²) in [6.45, 7) is 15.2. The van der Waals surface area contributed by atoms with Crippen LogP contribution in [0.2, 0.25) is 0 Å². The SMILES string of the molecule is C=CC(=O)CCCCN(C[C@@H](C)CC#N)c1nc(OC[C@@H]2CCCN2C)nc(CC)c1CCCC(=C)Cc1cnccc1OC. The number of anilines is 1. The predicted molar refractivity (Wildman–Crippen MR) is 180 cm³/mol. The Morgan fingerprint density at radius 2 is 2.11 bits per heavy atom. The molecule has 0 N–H and O–H groups in total. The van der Waals surface area contributed by atoms with Gasteiger partial charge in [0.25, 0.3) is 0 Å². The summed E-state index contributed by atoms with van der Waals surface area (Å²) < 4.78 is 11.8. The molecule has 45 heavy (non-hydrogen) atoms. The molecule has 2 aromatic rings. The van der Waals surface area contributed by atoms with E-state index in [2.05, 4.69) is 54.9 Å². The fraction of sp³-hybridized carbons (Fsp3) is 0.583. The minimum absolute atomic E-state index is 0.0621. The van der Waals surface area contributed by atoms with Crippen molar-refractivity contribution in [3.05, 3.63) is 60.1 Å². The summed E-state index contributed by atoms with van der Waals surface area (Å²) in [5, 5.41) is 9.42. The van der Waals surface area contributed by atoms with Crippen molar-refractivity contribution in [1.29, 1.82) is 5.26 Å². The number of methoxy groups -OCH3 is 1. The van der Waals surface area contributed by atoms with Gasteiger partial charge >= 0.3 is 6.01 Å². The number of rotatable bonds is 21. The zero-order valence-electron chi connectivity index (χ0n) is 27.9. The second-order valence-electron chi connectivity index (χ2n) is 12.2. The van der Waals surface area contributed by atoms with Crippen LogP contribution in [0.1, 0.15) is 82.0 Å². The Kier molecular flexibility index (Phi) is 15.0. The first kappa shape index (κ1) is 35.7. The molecule has 0 spiro atoms. The van der Waals surface area contributed by atoms with Gasteiger partial charge in [0.2, 0.25) is 0 Å². The molecule has 0 amide bonds. The number of nitrogens with zero attached hydrogens (tertiary/aromatic N) is 6.